The van der Waals surface area contributed by atoms with Gasteiger partial charge in [-0.2, -0.15) is 0 Å². The van der Waals surface area contributed by atoms with E-state index in [1.54, 1.807) is 5.57 Å². The van der Waals surface area contributed by atoms with Gasteiger partial charge in [0.15, 0.2) is 5.79 Å². The normalized spacial score (nSPS) is 56.9. The molecule has 24 heavy (non-hydrogen) atoms. The molecule has 0 bridgehead atoms. The standard InChI is InChI=1S/C20H28O4/c1-17-6-5-15-13(14(17)2-3-16(17)21)4-7-18-12-19(22-10-11-23-19)8-9-20(15,18)24-18/h5,13-14,16,21H,2-4,6-12H2,1H3/t13-,14+,16+,17-,18-,20-/m0/s1. The van der Waals surface area contributed by atoms with E-state index in [9.17, 15) is 5.11 Å². The van der Waals surface area contributed by atoms with Gasteiger partial charge in [-0.3, -0.25) is 0 Å². The number of aliphatic hydroxyl groups excluding tert-OH is 1. The zero-order valence-corrected chi connectivity index (χ0v) is 14.6. The van der Waals surface area contributed by atoms with Crippen LogP contribution >= 0.6 is 0 Å². The summed E-state index contributed by atoms with van der Waals surface area (Å²) in [5.41, 5.74) is 1.62. The topological polar surface area (TPSA) is 51.2 Å². The molecule has 0 aromatic heterocycles. The predicted molar refractivity (Wildman–Crippen MR) is 87.3 cm³/mol. The highest BCUT2D eigenvalue weighted by atomic mass is 16.7. The van der Waals surface area contributed by atoms with Crippen LogP contribution in [0.5, 0.6) is 0 Å². The van der Waals surface area contributed by atoms with Crippen LogP contribution in [0.2, 0.25) is 0 Å². The third kappa shape index (κ3) is 1.52. The van der Waals surface area contributed by atoms with E-state index in [2.05, 4.69) is 13.0 Å². The van der Waals surface area contributed by atoms with Gasteiger partial charge in [-0.1, -0.05) is 13.0 Å². The zero-order valence-electron chi connectivity index (χ0n) is 14.6. The van der Waals surface area contributed by atoms with Gasteiger partial charge in [-0.05, 0) is 55.9 Å². The highest BCUT2D eigenvalue weighted by Gasteiger charge is 2.79. The van der Waals surface area contributed by atoms with Gasteiger partial charge in [0.25, 0.3) is 0 Å². The highest BCUT2D eigenvalue weighted by Crippen LogP contribution is 2.73. The van der Waals surface area contributed by atoms with Crippen molar-refractivity contribution in [2.75, 3.05) is 13.2 Å². The number of rotatable bonds is 0. The summed E-state index contributed by atoms with van der Waals surface area (Å²) < 4.78 is 18.6. The van der Waals surface area contributed by atoms with E-state index >= 15 is 0 Å². The van der Waals surface area contributed by atoms with Crippen molar-refractivity contribution >= 4 is 0 Å². The average molecular weight is 332 g/mol. The molecule has 3 saturated carbocycles. The first-order valence-corrected chi connectivity index (χ1v) is 9.89. The van der Waals surface area contributed by atoms with Crippen LogP contribution in [-0.2, 0) is 14.2 Å². The maximum Gasteiger partial charge on any atom is 0.171 e. The summed E-state index contributed by atoms with van der Waals surface area (Å²) in [4.78, 5) is 0. The molecule has 2 aliphatic heterocycles. The van der Waals surface area contributed by atoms with Gasteiger partial charge in [-0.15, -0.1) is 0 Å². The Balaban J connectivity index is 1.36. The molecule has 6 aliphatic rings. The van der Waals surface area contributed by atoms with E-state index in [4.69, 9.17) is 14.2 Å². The number of ether oxygens (including phenoxy) is 3. The quantitative estimate of drug-likeness (QED) is 0.547. The summed E-state index contributed by atoms with van der Waals surface area (Å²) in [5.74, 6) is 0.898. The maximum atomic E-state index is 10.5. The van der Waals surface area contributed by atoms with Crippen LogP contribution in [0.3, 0.4) is 0 Å². The van der Waals surface area contributed by atoms with Crippen molar-refractivity contribution in [2.45, 2.75) is 81.4 Å². The lowest BCUT2D eigenvalue weighted by Crippen LogP contribution is -2.52. The molecular formula is C20H28O4. The van der Waals surface area contributed by atoms with Crippen molar-refractivity contribution in [1.29, 1.82) is 0 Å². The Morgan fingerprint density at radius 2 is 1.92 bits per heavy atom. The van der Waals surface area contributed by atoms with Crippen LogP contribution in [0.1, 0.15) is 58.3 Å². The van der Waals surface area contributed by atoms with Crippen molar-refractivity contribution in [3.8, 4) is 0 Å². The summed E-state index contributed by atoms with van der Waals surface area (Å²) in [7, 11) is 0. The van der Waals surface area contributed by atoms with Gasteiger partial charge >= 0.3 is 0 Å². The number of fused-ring (bicyclic) bond motifs is 3. The van der Waals surface area contributed by atoms with Crippen LogP contribution in [0, 0.1) is 17.3 Å². The van der Waals surface area contributed by atoms with Crippen molar-refractivity contribution in [2.24, 2.45) is 17.3 Å². The molecule has 1 spiro atoms. The molecule has 0 aromatic carbocycles. The Labute approximate surface area is 143 Å². The van der Waals surface area contributed by atoms with Gasteiger partial charge in [-0.25, -0.2) is 0 Å². The largest absolute Gasteiger partial charge is 0.393 e. The van der Waals surface area contributed by atoms with E-state index in [1.807, 2.05) is 0 Å². The summed E-state index contributed by atoms with van der Waals surface area (Å²) >= 11 is 0. The van der Waals surface area contributed by atoms with E-state index in [0.29, 0.717) is 11.8 Å². The number of epoxide rings is 1. The second kappa shape index (κ2) is 4.28. The molecule has 4 aliphatic carbocycles. The fourth-order valence-corrected chi connectivity index (χ4v) is 7.31. The van der Waals surface area contributed by atoms with Crippen LogP contribution in [0.25, 0.3) is 0 Å². The molecule has 4 heteroatoms. The third-order valence-electron chi connectivity index (χ3n) is 8.62. The molecule has 0 radical (unpaired) electrons. The maximum absolute atomic E-state index is 10.5. The number of hydrogen-bond donors (Lipinski definition) is 1. The van der Waals surface area contributed by atoms with Crippen LogP contribution < -0.4 is 0 Å². The van der Waals surface area contributed by atoms with E-state index in [1.165, 1.54) is 12.8 Å². The fraction of sp³-hybridized carbons (Fsp3) is 0.900. The van der Waals surface area contributed by atoms with Crippen molar-refractivity contribution in [1.82, 2.24) is 0 Å². The molecule has 0 aromatic rings. The van der Waals surface area contributed by atoms with Crippen LogP contribution in [0.4, 0.5) is 0 Å². The number of hydrogen-bond acceptors (Lipinski definition) is 4. The number of aliphatic hydroxyl groups is 1. The molecular weight excluding hydrogens is 304 g/mol. The molecule has 5 fully saturated rings. The molecule has 6 rings (SSSR count). The fourth-order valence-electron chi connectivity index (χ4n) is 7.31. The first-order chi connectivity index (χ1) is 11.5. The average Bonchev–Trinajstić information content (AvgIpc) is 2.88. The second-order valence-corrected chi connectivity index (χ2v) is 9.42. The Bertz CT molecular complexity index is 623. The lowest BCUT2D eigenvalue weighted by atomic mass is 9.54. The van der Waals surface area contributed by atoms with Crippen LogP contribution in [-0.4, -0.2) is 41.4 Å². The van der Waals surface area contributed by atoms with E-state index < -0.39 is 0 Å². The molecule has 2 heterocycles. The zero-order chi connectivity index (χ0) is 16.2. The monoisotopic (exact) mass is 332 g/mol. The van der Waals surface area contributed by atoms with Gasteiger partial charge in [0.2, 0.25) is 0 Å². The SMILES string of the molecule is C[C@]12CC=C3[C@@H](CC[C@]45CC6(CC[C@]34O5)OCCO6)[C@H]1CC[C@H]2O. The van der Waals surface area contributed by atoms with E-state index in [-0.39, 0.29) is 28.5 Å². The van der Waals surface area contributed by atoms with Gasteiger partial charge in [0.1, 0.15) is 11.2 Å². The Morgan fingerprint density at radius 3 is 2.75 bits per heavy atom. The minimum absolute atomic E-state index is 0.0225. The molecule has 6 atom stereocenters. The summed E-state index contributed by atoms with van der Waals surface area (Å²) in [6.45, 7) is 3.77. The molecule has 2 saturated heterocycles. The lowest BCUT2D eigenvalue weighted by Gasteiger charge is -2.49. The third-order valence-corrected chi connectivity index (χ3v) is 8.62. The Hall–Kier alpha value is -0.420. The summed E-state index contributed by atoms with van der Waals surface area (Å²) in [5, 5.41) is 10.5. The lowest BCUT2D eigenvalue weighted by molar-refractivity contribution is -0.185. The second-order valence-electron chi connectivity index (χ2n) is 9.42. The smallest absolute Gasteiger partial charge is 0.171 e. The minimum atomic E-state index is -0.361. The molecule has 4 nitrogen and oxygen atoms in total. The predicted octanol–water partition coefficient (Wildman–Crippen LogP) is 2.94. The molecule has 0 unspecified atom stereocenters. The van der Waals surface area contributed by atoms with Crippen LogP contribution in [0.15, 0.2) is 11.6 Å². The minimum Gasteiger partial charge on any atom is -0.393 e. The Kier molecular flexibility index (Phi) is 2.62. The van der Waals surface area contributed by atoms with Gasteiger partial charge in [0.05, 0.1) is 19.3 Å². The van der Waals surface area contributed by atoms with Crippen molar-refractivity contribution in [3.63, 3.8) is 0 Å². The highest BCUT2D eigenvalue weighted by molar-refractivity contribution is 5.43. The van der Waals surface area contributed by atoms with Gasteiger partial charge < -0.3 is 19.3 Å². The number of allylic oxidation sites excluding steroid dienone is 1. The first kappa shape index (κ1) is 14.7. The van der Waals surface area contributed by atoms with E-state index in [0.717, 1.165) is 51.7 Å². The summed E-state index contributed by atoms with van der Waals surface area (Å²) in [6.07, 6.45) is 10.8. The molecule has 0 amide bonds. The van der Waals surface area contributed by atoms with Gasteiger partial charge in [0, 0.05) is 18.3 Å². The summed E-state index contributed by atoms with van der Waals surface area (Å²) in [6, 6.07) is 0. The molecule has 1 N–H and O–H groups in total. The first-order valence-electron chi connectivity index (χ1n) is 9.89. The van der Waals surface area contributed by atoms with Crippen molar-refractivity contribution < 1.29 is 19.3 Å². The van der Waals surface area contributed by atoms with Crippen molar-refractivity contribution in [3.05, 3.63) is 11.6 Å². The molecule has 132 valence electrons. The Morgan fingerprint density at radius 1 is 1.08 bits per heavy atom.